The molecule has 0 radical (unpaired) electrons. The highest BCUT2D eigenvalue weighted by Gasteiger charge is 2.31. The van der Waals surface area contributed by atoms with Crippen molar-refractivity contribution in [1.82, 2.24) is 0 Å². The summed E-state index contributed by atoms with van der Waals surface area (Å²) in [5, 5.41) is 10.5. The van der Waals surface area contributed by atoms with E-state index in [-0.39, 0.29) is 0 Å². The molecule has 0 unspecified atom stereocenters. The van der Waals surface area contributed by atoms with Crippen LogP contribution < -0.4 is 0 Å². The molecule has 2 heteroatoms. The Bertz CT molecular complexity index is 312. The summed E-state index contributed by atoms with van der Waals surface area (Å²) in [4.78, 5) is 0. The van der Waals surface area contributed by atoms with Gasteiger partial charge in [0.25, 0.3) is 0 Å². The third-order valence-corrected chi connectivity index (χ3v) is 4.38. The van der Waals surface area contributed by atoms with Gasteiger partial charge < -0.3 is 5.11 Å². The number of thioether (sulfide) groups is 1. The fourth-order valence-electron chi connectivity index (χ4n) is 2.06. The summed E-state index contributed by atoms with van der Waals surface area (Å²) < 4.78 is 0. The Morgan fingerprint density at radius 1 is 1.33 bits per heavy atom. The molecule has 1 heterocycles. The number of hydrogen-bond donors (Lipinski definition) is 1. The molecule has 0 amide bonds. The largest absolute Gasteiger partial charge is 0.384 e. The van der Waals surface area contributed by atoms with Gasteiger partial charge in [-0.2, -0.15) is 11.8 Å². The minimum atomic E-state index is -0.574. The predicted molar refractivity (Wildman–Crippen MR) is 66.3 cm³/mol. The van der Waals surface area contributed by atoms with Gasteiger partial charge in [0.1, 0.15) is 0 Å². The molecule has 1 atom stereocenters. The Hall–Kier alpha value is -0.470. The first-order valence-electron chi connectivity index (χ1n) is 5.64. The van der Waals surface area contributed by atoms with Gasteiger partial charge in [-0.05, 0) is 36.1 Å². The quantitative estimate of drug-likeness (QED) is 0.830. The van der Waals surface area contributed by atoms with Crippen LogP contribution in [0.15, 0.2) is 24.3 Å². The standard InChI is InChI=1S/C13H18OS/c1-2-11-4-6-12(7-5-11)13(14)8-3-9-15-10-13/h4-7,14H,2-3,8-10H2,1H3/t13-/m0/s1. The fourth-order valence-corrected chi connectivity index (χ4v) is 3.20. The van der Waals surface area contributed by atoms with E-state index in [1.54, 1.807) is 0 Å². The van der Waals surface area contributed by atoms with E-state index >= 15 is 0 Å². The summed E-state index contributed by atoms with van der Waals surface area (Å²) in [6, 6.07) is 8.44. The minimum absolute atomic E-state index is 0.574. The second-order valence-corrected chi connectivity index (χ2v) is 5.34. The van der Waals surface area contributed by atoms with Crippen molar-refractivity contribution >= 4 is 11.8 Å². The van der Waals surface area contributed by atoms with E-state index in [0.29, 0.717) is 0 Å². The van der Waals surface area contributed by atoms with Gasteiger partial charge in [-0.25, -0.2) is 0 Å². The van der Waals surface area contributed by atoms with Crippen molar-refractivity contribution < 1.29 is 5.11 Å². The van der Waals surface area contributed by atoms with Crippen LogP contribution in [-0.4, -0.2) is 16.6 Å². The van der Waals surface area contributed by atoms with Gasteiger partial charge in [0.05, 0.1) is 5.60 Å². The molecule has 1 aliphatic heterocycles. The monoisotopic (exact) mass is 222 g/mol. The number of benzene rings is 1. The molecule has 0 saturated carbocycles. The summed E-state index contributed by atoms with van der Waals surface area (Å²) in [6.45, 7) is 2.15. The zero-order valence-electron chi connectivity index (χ0n) is 9.20. The highest BCUT2D eigenvalue weighted by Crippen LogP contribution is 2.35. The van der Waals surface area contributed by atoms with Gasteiger partial charge in [-0.15, -0.1) is 0 Å². The van der Waals surface area contributed by atoms with Gasteiger partial charge >= 0.3 is 0 Å². The third kappa shape index (κ3) is 2.37. The molecule has 1 fully saturated rings. The fraction of sp³-hybridized carbons (Fsp3) is 0.538. The van der Waals surface area contributed by atoms with Crippen LogP contribution in [0.25, 0.3) is 0 Å². The van der Waals surface area contributed by atoms with Crippen molar-refractivity contribution in [2.75, 3.05) is 11.5 Å². The molecule has 0 spiro atoms. The molecule has 1 aliphatic rings. The van der Waals surface area contributed by atoms with E-state index < -0.39 is 5.60 Å². The first-order valence-corrected chi connectivity index (χ1v) is 6.79. The predicted octanol–water partition coefficient (Wildman–Crippen LogP) is 2.96. The zero-order chi connectivity index (χ0) is 10.7. The molecule has 1 saturated heterocycles. The van der Waals surface area contributed by atoms with Gasteiger partial charge in [0.2, 0.25) is 0 Å². The highest BCUT2D eigenvalue weighted by atomic mass is 32.2. The summed E-state index contributed by atoms with van der Waals surface area (Å²) in [7, 11) is 0. The molecule has 2 rings (SSSR count). The van der Waals surface area contributed by atoms with Crippen LogP contribution in [0.2, 0.25) is 0 Å². The van der Waals surface area contributed by atoms with Crippen LogP contribution in [0.5, 0.6) is 0 Å². The van der Waals surface area contributed by atoms with Crippen LogP contribution in [0.4, 0.5) is 0 Å². The van der Waals surface area contributed by atoms with Crippen molar-refractivity contribution in [3.63, 3.8) is 0 Å². The lowest BCUT2D eigenvalue weighted by Gasteiger charge is -2.32. The molecular weight excluding hydrogens is 204 g/mol. The van der Waals surface area contributed by atoms with Crippen molar-refractivity contribution in [2.24, 2.45) is 0 Å². The SMILES string of the molecule is CCc1ccc([C@]2(O)CCCSC2)cc1. The van der Waals surface area contributed by atoms with Crippen molar-refractivity contribution in [2.45, 2.75) is 31.8 Å². The average Bonchev–Trinajstić information content (AvgIpc) is 2.30. The molecule has 15 heavy (non-hydrogen) atoms. The van der Waals surface area contributed by atoms with Crippen LogP contribution in [-0.2, 0) is 12.0 Å². The van der Waals surface area contributed by atoms with E-state index in [0.717, 1.165) is 30.6 Å². The molecular formula is C13H18OS. The molecule has 1 N–H and O–H groups in total. The Labute approximate surface area is 95.9 Å². The van der Waals surface area contributed by atoms with Gasteiger partial charge in [0.15, 0.2) is 0 Å². The third-order valence-electron chi connectivity index (χ3n) is 3.12. The van der Waals surface area contributed by atoms with E-state index in [1.165, 1.54) is 11.3 Å². The van der Waals surface area contributed by atoms with Crippen molar-refractivity contribution in [3.05, 3.63) is 35.4 Å². The molecule has 0 aliphatic carbocycles. The maximum Gasteiger partial charge on any atom is 0.0986 e. The Balaban J connectivity index is 2.20. The molecule has 1 nitrogen and oxygen atoms in total. The lowest BCUT2D eigenvalue weighted by Crippen LogP contribution is -2.31. The van der Waals surface area contributed by atoms with E-state index in [1.807, 2.05) is 11.8 Å². The van der Waals surface area contributed by atoms with E-state index in [9.17, 15) is 5.11 Å². The second kappa shape index (κ2) is 4.58. The first-order chi connectivity index (χ1) is 7.24. The van der Waals surface area contributed by atoms with Crippen molar-refractivity contribution in [1.29, 1.82) is 0 Å². The smallest absolute Gasteiger partial charge is 0.0986 e. The number of aliphatic hydroxyl groups is 1. The first kappa shape index (κ1) is 11.0. The second-order valence-electron chi connectivity index (χ2n) is 4.24. The van der Waals surface area contributed by atoms with Crippen LogP contribution in [0, 0.1) is 0 Å². The summed E-state index contributed by atoms with van der Waals surface area (Å²) >= 11 is 1.86. The van der Waals surface area contributed by atoms with Gasteiger partial charge in [-0.3, -0.25) is 0 Å². The van der Waals surface area contributed by atoms with Gasteiger partial charge in [0, 0.05) is 5.75 Å². The van der Waals surface area contributed by atoms with E-state index in [4.69, 9.17) is 0 Å². The van der Waals surface area contributed by atoms with Crippen LogP contribution >= 0.6 is 11.8 Å². The Morgan fingerprint density at radius 2 is 2.07 bits per heavy atom. The normalized spacial score (nSPS) is 26.5. The maximum atomic E-state index is 10.5. The average molecular weight is 222 g/mol. The molecule has 82 valence electrons. The maximum absolute atomic E-state index is 10.5. The number of aryl methyl sites for hydroxylation is 1. The molecule has 1 aromatic carbocycles. The lowest BCUT2D eigenvalue weighted by molar-refractivity contribution is 0.0495. The zero-order valence-corrected chi connectivity index (χ0v) is 10.0. The minimum Gasteiger partial charge on any atom is -0.384 e. The lowest BCUT2D eigenvalue weighted by atomic mass is 9.90. The van der Waals surface area contributed by atoms with Crippen LogP contribution in [0.3, 0.4) is 0 Å². The number of hydrogen-bond acceptors (Lipinski definition) is 2. The Kier molecular flexibility index (Phi) is 3.37. The summed E-state index contributed by atoms with van der Waals surface area (Å²) in [5.41, 5.74) is 1.85. The van der Waals surface area contributed by atoms with Crippen LogP contribution in [0.1, 0.15) is 30.9 Å². The van der Waals surface area contributed by atoms with Gasteiger partial charge in [-0.1, -0.05) is 31.2 Å². The molecule has 0 aromatic heterocycles. The molecule has 0 bridgehead atoms. The number of rotatable bonds is 2. The molecule has 1 aromatic rings. The van der Waals surface area contributed by atoms with E-state index in [2.05, 4.69) is 31.2 Å². The topological polar surface area (TPSA) is 20.2 Å². The summed E-state index contributed by atoms with van der Waals surface area (Å²) in [5.74, 6) is 2.04. The highest BCUT2D eigenvalue weighted by molar-refractivity contribution is 7.99. The Morgan fingerprint density at radius 3 is 2.60 bits per heavy atom. The summed E-state index contributed by atoms with van der Waals surface area (Å²) in [6.07, 6.45) is 3.09. The van der Waals surface area contributed by atoms with Crippen molar-refractivity contribution in [3.8, 4) is 0 Å².